The van der Waals surface area contributed by atoms with Gasteiger partial charge in [-0.25, -0.2) is 14.8 Å². The van der Waals surface area contributed by atoms with E-state index in [0.29, 0.717) is 23.0 Å². The maximum absolute atomic E-state index is 12.5. The fraction of sp³-hybridized carbons (Fsp3) is 0.300. The zero-order valence-corrected chi connectivity index (χ0v) is 16.5. The standard InChI is InChI=1S/C20H23N3O3S/c1-5-10-21-18(24)15(4)26-19(25)17-9-7-6-8-16(17)12-27-20-22-13(2)11-14(3)23-20/h5-9,11,15H,1,10,12H2,2-4H3,(H,21,24)/t15-/m1/s1. The Labute approximate surface area is 163 Å². The van der Waals surface area contributed by atoms with Gasteiger partial charge in [-0.3, -0.25) is 4.79 Å². The Hall–Kier alpha value is -2.67. The Morgan fingerprint density at radius 2 is 1.93 bits per heavy atom. The molecule has 1 amide bonds. The van der Waals surface area contributed by atoms with Crippen molar-refractivity contribution in [2.45, 2.75) is 37.8 Å². The van der Waals surface area contributed by atoms with Crippen LogP contribution < -0.4 is 5.32 Å². The van der Waals surface area contributed by atoms with Gasteiger partial charge in [-0.2, -0.15) is 0 Å². The third-order valence-corrected chi connectivity index (χ3v) is 4.53. The first kappa shape index (κ1) is 20.6. The van der Waals surface area contributed by atoms with Gasteiger partial charge in [0.05, 0.1) is 5.56 Å². The quantitative estimate of drug-likeness (QED) is 0.325. The fourth-order valence-electron chi connectivity index (χ4n) is 2.34. The normalized spacial score (nSPS) is 11.5. The molecule has 0 bridgehead atoms. The van der Waals surface area contributed by atoms with Crippen molar-refractivity contribution in [1.82, 2.24) is 15.3 Å². The number of aryl methyl sites for hydroxylation is 2. The smallest absolute Gasteiger partial charge is 0.339 e. The number of esters is 1. The van der Waals surface area contributed by atoms with E-state index >= 15 is 0 Å². The van der Waals surface area contributed by atoms with Crippen molar-refractivity contribution in [2.24, 2.45) is 0 Å². The molecule has 2 rings (SSSR count). The number of amides is 1. The maximum atomic E-state index is 12.5. The van der Waals surface area contributed by atoms with Gasteiger partial charge in [0.1, 0.15) is 0 Å². The molecule has 1 aromatic carbocycles. The molecule has 7 heteroatoms. The Balaban J connectivity index is 2.06. The molecule has 0 aliphatic rings. The van der Waals surface area contributed by atoms with Crippen molar-refractivity contribution in [2.75, 3.05) is 6.54 Å². The first-order valence-corrected chi connectivity index (χ1v) is 9.52. The minimum Gasteiger partial charge on any atom is -0.449 e. The molecule has 0 aliphatic heterocycles. The summed E-state index contributed by atoms with van der Waals surface area (Å²) in [6.45, 7) is 9.23. The molecule has 0 saturated carbocycles. The molecule has 0 unspecified atom stereocenters. The summed E-state index contributed by atoms with van der Waals surface area (Å²) in [6, 6.07) is 9.08. The van der Waals surface area contributed by atoms with Crippen molar-refractivity contribution >= 4 is 23.6 Å². The van der Waals surface area contributed by atoms with Crippen LogP contribution in [0.3, 0.4) is 0 Å². The lowest BCUT2D eigenvalue weighted by Crippen LogP contribution is -2.36. The highest BCUT2D eigenvalue weighted by atomic mass is 32.2. The fourth-order valence-corrected chi connectivity index (χ4v) is 3.29. The number of ether oxygens (including phenoxy) is 1. The molecule has 0 aliphatic carbocycles. The van der Waals surface area contributed by atoms with Crippen LogP contribution in [0.5, 0.6) is 0 Å². The summed E-state index contributed by atoms with van der Waals surface area (Å²) in [5.74, 6) is -0.377. The predicted molar refractivity (Wildman–Crippen MR) is 106 cm³/mol. The maximum Gasteiger partial charge on any atom is 0.339 e. The number of hydrogen-bond acceptors (Lipinski definition) is 6. The summed E-state index contributed by atoms with van der Waals surface area (Å²) in [6.07, 6.45) is 0.675. The lowest BCUT2D eigenvalue weighted by atomic mass is 10.1. The molecule has 0 spiro atoms. The van der Waals surface area contributed by atoms with Gasteiger partial charge in [0.15, 0.2) is 11.3 Å². The summed E-state index contributed by atoms with van der Waals surface area (Å²) in [7, 11) is 0. The van der Waals surface area contributed by atoms with E-state index in [-0.39, 0.29) is 5.91 Å². The molecule has 0 saturated heterocycles. The zero-order chi connectivity index (χ0) is 19.8. The topological polar surface area (TPSA) is 81.2 Å². The van der Waals surface area contributed by atoms with Crippen LogP contribution in [0.15, 0.2) is 48.1 Å². The summed E-state index contributed by atoms with van der Waals surface area (Å²) in [5.41, 5.74) is 3.03. The minimum atomic E-state index is -0.888. The molecule has 0 radical (unpaired) electrons. The first-order valence-electron chi connectivity index (χ1n) is 8.53. The third kappa shape index (κ3) is 6.21. The molecule has 6 nitrogen and oxygen atoms in total. The van der Waals surface area contributed by atoms with E-state index in [1.807, 2.05) is 32.0 Å². The summed E-state index contributed by atoms with van der Waals surface area (Å²) in [4.78, 5) is 33.2. The third-order valence-electron chi connectivity index (χ3n) is 3.63. The van der Waals surface area contributed by atoms with Crippen molar-refractivity contribution in [3.8, 4) is 0 Å². The highest BCUT2D eigenvalue weighted by Gasteiger charge is 2.20. The van der Waals surface area contributed by atoms with Crippen molar-refractivity contribution in [1.29, 1.82) is 0 Å². The van der Waals surface area contributed by atoms with E-state index in [4.69, 9.17) is 4.74 Å². The van der Waals surface area contributed by atoms with E-state index in [1.54, 1.807) is 18.2 Å². The van der Waals surface area contributed by atoms with E-state index in [9.17, 15) is 9.59 Å². The van der Waals surface area contributed by atoms with Gasteiger partial charge in [-0.15, -0.1) is 6.58 Å². The Kier molecular flexibility index (Phi) is 7.55. The van der Waals surface area contributed by atoms with Crippen molar-refractivity contribution in [3.63, 3.8) is 0 Å². The van der Waals surface area contributed by atoms with Crippen LogP contribution in [-0.4, -0.2) is 34.5 Å². The molecule has 1 aromatic heterocycles. The van der Waals surface area contributed by atoms with Crippen molar-refractivity contribution < 1.29 is 14.3 Å². The van der Waals surface area contributed by atoms with Crippen molar-refractivity contribution in [3.05, 3.63) is 65.5 Å². The molecular weight excluding hydrogens is 362 g/mol. The average molecular weight is 385 g/mol. The number of hydrogen-bond donors (Lipinski definition) is 1. The van der Waals surface area contributed by atoms with Gasteiger partial charge in [-0.05, 0) is 38.5 Å². The van der Waals surface area contributed by atoms with Crippen LogP contribution in [0, 0.1) is 13.8 Å². The van der Waals surface area contributed by atoms with Crippen LogP contribution in [0.2, 0.25) is 0 Å². The number of nitrogens with zero attached hydrogens (tertiary/aromatic N) is 2. The second-order valence-electron chi connectivity index (χ2n) is 5.96. The van der Waals surface area contributed by atoms with Gasteiger partial charge in [0.25, 0.3) is 5.91 Å². The van der Waals surface area contributed by atoms with Crippen LogP contribution >= 0.6 is 11.8 Å². The van der Waals surface area contributed by atoms with Crippen LogP contribution in [0.1, 0.15) is 34.2 Å². The van der Waals surface area contributed by atoms with Crippen LogP contribution in [0.25, 0.3) is 0 Å². The summed E-state index contributed by atoms with van der Waals surface area (Å²) < 4.78 is 5.30. The number of carbonyl (C=O) groups is 2. The first-order chi connectivity index (χ1) is 12.9. The van der Waals surface area contributed by atoms with E-state index < -0.39 is 12.1 Å². The van der Waals surface area contributed by atoms with E-state index in [2.05, 4.69) is 21.9 Å². The van der Waals surface area contributed by atoms with Gasteiger partial charge >= 0.3 is 5.97 Å². The van der Waals surface area contributed by atoms with Crippen LogP contribution in [-0.2, 0) is 15.3 Å². The SMILES string of the molecule is C=CCNC(=O)[C@@H](C)OC(=O)c1ccccc1CSc1nc(C)cc(C)n1. The molecular formula is C20H23N3O3S. The lowest BCUT2D eigenvalue weighted by Gasteiger charge is -2.14. The number of thioether (sulfide) groups is 1. The zero-order valence-electron chi connectivity index (χ0n) is 15.7. The van der Waals surface area contributed by atoms with Gasteiger partial charge in [0, 0.05) is 23.7 Å². The highest BCUT2D eigenvalue weighted by Crippen LogP contribution is 2.23. The minimum absolute atomic E-state index is 0.323. The van der Waals surface area contributed by atoms with Gasteiger partial charge < -0.3 is 10.1 Å². The molecule has 142 valence electrons. The van der Waals surface area contributed by atoms with Gasteiger partial charge in [-0.1, -0.05) is 36.0 Å². The summed E-state index contributed by atoms with van der Waals surface area (Å²) in [5, 5.41) is 3.27. The second-order valence-corrected chi connectivity index (χ2v) is 6.90. The second kappa shape index (κ2) is 9.87. The highest BCUT2D eigenvalue weighted by molar-refractivity contribution is 7.98. The Morgan fingerprint density at radius 3 is 2.59 bits per heavy atom. The number of carbonyl (C=O) groups excluding carboxylic acids is 2. The molecule has 1 N–H and O–H groups in total. The molecule has 27 heavy (non-hydrogen) atoms. The Morgan fingerprint density at radius 1 is 1.26 bits per heavy atom. The molecule has 2 aromatic rings. The number of aromatic nitrogens is 2. The van der Waals surface area contributed by atoms with Crippen LogP contribution in [0.4, 0.5) is 0 Å². The number of rotatable bonds is 8. The summed E-state index contributed by atoms with van der Waals surface area (Å²) >= 11 is 1.45. The lowest BCUT2D eigenvalue weighted by molar-refractivity contribution is -0.128. The monoisotopic (exact) mass is 385 g/mol. The largest absolute Gasteiger partial charge is 0.449 e. The molecule has 0 fully saturated rings. The van der Waals surface area contributed by atoms with Gasteiger partial charge in [0.2, 0.25) is 0 Å². The predicted octanol–water partition coefficient (Wildman–Crippen LogP) is 3.23. The number of nitrogens with one attached hydrogen (secondary N) is 1. The molecule has 1 atom stereocenters. The number of benzene rings is 1. The van der Waals surface area contributed by atoms with E-state index in [1.165, 1.54) is 18.7 Å². The average Bonchev–Trinajstić information content (AvgIpc) is 2.63. The Bertz CT molecular complexity index is 819. The molecule has 1 heterocycles. The van der Waals surface area contributed by atoms with E-state index in [0.717, 1.165) is 17.0 Å².